The van der Waals surface area contributed by atoms with Crippen molar-refractivity contribution < 1.29 is 14.3 Å². The van der Waals surface area contributed by atoms with Crippen molar-refractivity contribution in [2.24, 2.45) is 0 Å². The molecule has 0 N–H and O–H groups in total. The minimum absolute atomic E-state index is 0.0661. The molecular formula is C19H27N3O3. The summed E-state index contributed by atoms with van der Waals surface area (Å²) >= 11 is 0. The molecule has 2 rings (SSSR count). The van der Waals surface area contributed by atoms with Gasteiger partial charge < -0.3 is 14.0 Å². The van der Waals surface area contributed by atoms with Crippen LogP contribution >= 0.6 is 0 Å². The fourth-order valence-electron chi connectivity index (χ4n) is 2.94. The van der Waals surface area contributed by atoms with Gasteiger partial charge in [0, 0.05) is 31.4 Å². The second-order valence-electron chi connectivity index (χ2n) is 6.01. The number of fused-ring (bicyclic) bond motifs is 1. The van der Waals surface area contributed by atoms with Crippen molar-refractivity contribution in [2.45, 2.75) is 46.5 Å². The zero-order valence-electron chi connectivity index (χ0n) is 15.3. The number of aromatic nitrogens is 2. The molecule has 0 aliphatic heterocycles. The summed E-state index contributed by atoms with van der Waals surface area (Å²) in [6.07, 6.45) is 4.12. The molecule has 25 heavy (non-hydrogen) atoms. The second-order valence-corrected chi connectivity index (χ2v) is 6.01. The van der Waals surface area contributed by atoms with E-state index in [9.17, 15) is 9.59 Å². The lowest BCUT2D eigenvalue weighted by atomic mass is 10.2. The predicted molar refractivity (Wildman–Crippen MR) is 96.4 cm³/mol. The molecular weight excluding hydrogens is 318 g/mol. The van der Waals surface area contributed by atoms with Crippen molar-refractivity contribution >= 4 is 17.5 Å². The molecule has 136 valence electrons. The maximum Gasteiger partial charge on any atom is 0.307 e. The van der Waals surface area contributed by atoms with E-state index in [2.05, 4.69) is 4.98 Å². The predicted octanol–water partition coefficient (Wildman–Crippen LogP) is 2.77. The zero-order chi connectivity index (χ0) is 18.2. The zero-order valence-corrected chi connectivity index (χ0v) is 15.3. The second kappa shape index (κ2) is 9.20. The molecule has 0 aliphatic carbocycles. The van der Waals surface area contributed by atoms with Gasteiger partial charge in [-0.25, -0.2) is 4.98 Å². The van der Waals surface area contributed by atoms with E-state index in [1.165, 1.54) is 0 Å². The Morgan fingerprint density at radius 1 is 1.20 bits per heavy atom. The van der Waals surface area contributed by atoms with Crippen molar-refractivity contribution in [3.63, 3.8) is 0 Å². The summed E-state index contributed by atoms with van der Waals surface area (Å²) in [5.41, 5.74) is 2.91. The van der Waals surface area contributed by atoms with Gasteiger partial charge in [-0.1, -0.05) is 13.0 Å². The van der Waals surface area contributed by atoms with Gasteiger partial charge in [-0.3, -0.25) is 9.59 Å². The monoisotopic (exact) mass is 345 g/mol. The molecule has 0 saturated carbocycles. The summed E-state index contributed by atoms with van der Waals surface area (Å²) in [4.78, 5) is 30.4. The Hall–Kier alpha value is -2.37. The highest BCUT2D eigenvalue weighted by Crippen LogP contribution is 2.14. The van der Waals surface area contributed by atoms with E-state index in [4.69, 9.17) is 4.74 Å². The van der Waals surface area contributed by atoms with Gasteiger partial charge >= 0.3 is 5.97 Å². The first-order valence-corrected chi connectivity index (χ1v) is 8.92. The summed E-state index contributed by atoms with van der Waals surface area (Å²) in [5, 5.41) is 0. The normalized spacial score (nSPS) is 10.8. The first kappa shape index (κ1) is 19.0. The van der Waals surface area contributed by atoms with Crippen LogP contribution in [0.5, 0.6) is 0 Å². The number of hydrogen-bond acceptors (Lipinski definition) is 4. The molecule has 0 saturated heterocycles. The van der Waals surface area contributed by atoms with Crippen LogP contribution in [0.2, 0.25) is 0 Å². The lowest BCUT2D eigenvalue weighted by molar-refractivity contribution is -0.144. The van der Waals surface area contributed by atoms with Crippen LogP contribution < -0.4 is 0 Å². The van der Waals surface area contributed by atoms with Gasteiger partial charge in [0.1, 0.15) is 5.65 Å². The van der Waals surface area contributed by atoms with Crippen LogP contribution in [0, 0.1) is 6.92 Å². The number of rotatable bonds is 9. The number of carbonyl (C=O) groups excluding carboxylic acids is 2. The third-order valence-electron chi connectivity index (χ3n) is 4.14. The number of nitrogens with zero attached hydrogens (tertiary/aromatic N) is 3. The van der Waals surface area contributed by atoms with Crippen LogP contribution in [0.3, 0.4) is 0 Å². The van der Waals surface area contributed by atoms with E-state index in [0.29, 0.717) is 32.5 Å². The molecule has 2 aromatic heterocycles. The minimum Gasteiger partial charge on any atom is -0.466 e. The average molecular weight is 345 g/mol. The Morgan fingerprint density at radius 2 is 2.00 bits per heavy atom. The van der Waals surface area contributed by atoms with Gasteiger partial charge in [0.2, 0.25) is 5.91 Å². The number of carbonyl (C=O) groups is 2. The van der Waals surface area contributed by atoms with Crippen molar-refractivity contribution in [1.29, 1.82) is 0 Å². The highest BCUT2D eigenvalue weighted by Gasteiger charge is 2.16. The lowest BCUT2D eigenvalue weighted by Gasteiger charge is -2.21. The molecule has 0 aliphatic rings. The summed E-state index contributed by atoms with van der Waals surface area (Å²) in [6.45, 7) is 7.22. The number of hydrogen-bond donors (Lipinski definition) is 0. The topological polar surface area (TPSA) is 63.9 Å². The first-order chi connectivity index (χ1) is 12.1. The van der Waals surface area contributed by atoms with Gasteiger partial charge in [-0.15, -0.1) is 0 Å². The molecule has 0 bridgehead atoms. The van der Waals surface area contributed by atoms with Gasteiger partial charge in [-0.2, -0.15) is 0 Å². The van der Waals surface area contributed by atoms with Gasteiger partial charge in [-0.05, 0) is 38.8 Å². The number of amides is 1. The Kier molecular flexibility index (Phi) is 6.98. The maximum absolute atomic E-state index is 12.6. The molecule has 0 unspecified atom stereocenters. The molecule has 0 aromatic carbocycles. The summed E-state index contributed by atoms with van der Waals surface area (Å²) in [6, 6.07) is 5.87. The third kappa shape index (κ3) is 5.05. The van der Waals surface area contributed by atoms with E-state index >= 15 is 0 Å². The highest BCUT2D eigenvalue weighted by molar-refractivity contribution is 5.77. The lowest BCUT2D eigenvalue weighted by Crippen LogP contribution is -2.34. The third-order valence-corrected chi connectivity index (χ3v) is 4.14. The molecule has 0 spiro atoms. The number of esters is 1. The average Bonchev–Trinajstić information content (AvgIpc) is 2.92. The Bertz CT molecular complexity index is 724. The molecule has 1 amide bonds. The summed E-state index contributed by atoms with van der Waals surface area (Å²) < 4.78 is 6.98. The molecule has 0 atom stereocenters. The van der Waals surface area contributed by atoms with E-state index < -0.39 is 0 Å². The fourth-order valence-corrected chi connectivity index (χ4v) is 2.94. The van der Waals surface area contributed by atoms with E-state index in [1.54, 1.807) is 11.8 Å². The fraction of sp³-hybridized carbons (Fsp3) is 0.526. The van der Waals surface area contributed by atoms with Crippen LogP contribution in [0.1, 0.15) is 44.5 Å². The number of aryl methyl sites for hydroxylation is 2. The molecule has 6 nitrogen and oxygen atoms in total. The van der Waals surface area contributed by atoms with E-state index in [0.717, 1.165) is 23.5 Å². The molecule has 6 heteroatoms. The quantitative estimate of drug-likeness (QED) is 0.656. The minimum atomic E-state index is -0.256. The summed E-state index contributed by atoms with van der Waals surface area (Å²) in [5.74, 6) is -0.189. The van der Waals surface area contributed by atoms with Gasteiger partial charge in [0.15, 0.2) is 0 Å². The summed E-state index contributed by atoms with van der Waals surface area (Å²) in [7, 11) is 0. The smallest absolute Gasteiger partial charge is 0.307 e. The largest absolute Gasteiger partial charge is 0.466 e. The first-order valence-electron chi connectivity index (χ1n) is 8.92. The van der Waals surface area contributed by atoms with E-state index in [1.807, 2.05) is 42.6 Å². The van der Waals surface area contributed by atoms with Crippen molar-refractivity contribution in [2.75, 3.05) is 19.7 Å². The molecule has 2 heterocycles. The molecule has 0 radical (unpaired) electrons. The van der Waals surface area contributed by atoms with Gasteiger partial charge in [0.25, 0.3) is 0 Å². The maximum atomic E-state index is 12.6. The van der Waals surface area contributed by atoms with E-state index in [-0.39, 0.29) is 18.3 Å². The van der Waals surface area contributed by atoms with Crippen LogP contribution in [-0.4, -0.2) is 45.9 Å². The Morgan fingerprint density at radius 3 is 2.72 bits per heavy atom. The van der Waals surface area contributed by atoms with Crippen molar-refractivity contribution in [3.8, 4) is 0 Å². The number of imidazole rings is 1. The Balaban J connectivity index is 1.97. The standard InChI is InChI=1S/C19H27N3O3/c1-4-12-21(14-11-19(24)25-5-2)18(23)10-9-16-15(3)20-17-8-6-7-13-22(16)17/h6-8,13H,4-5,9-12,14H2,1-3H3. The molecule has 2 aromatic rings. The highest BCUT2D eigenvalue weighted by atomic mass is 16.5. The number of ether oxygens (including phenoxy) is 1. The molecule has 0 fully saturated rings. The SMILES string of the molecule is CCCN(CCC(=O)OCC)C(=O)CCc1c(C)nc2ccccn12. The van der Waals surface area contributed by atoms with Gasteiger partial charge in [0.05, 0.1) is 18.7 Å². The Labute approximate surface area is 148 Å². The van der Waals surface area contributed by atoms with Crippen molar-refractivity contribution in [3.05, 3.63) is 35.8 Å². The number of pyridine rings is 1. The van der Waals surface area contributed by atoms with Crippen LogP contribution in [0.25, 0.3) is 5.65 Å². The van der Waals surface area contributed by atoms with Crippen LogP contribution in [0.4, 0.5) is 0 Å². The van der Waals surface area contributed by atoms with Crippen LogP contribution in [-0.2, 0) is 20.7 Å². The van der Waals surface area contributed by atoms with Crippen LogP contribution in [0.15, 0.2) is 24.4 Å². The van der Waals surface area contributed by atoms with Crippen molar-refractivity contribution in [1.82, 2.24) is 14.3 Å².